The number of anilines is 2. The molecular weight excluding hydrogens is 192 g/mol. The van der Waals surface area contributed by atoms with Gasteiger partial charge < -0.3 is 16.2 Å². The van der Waals surface area contributed by atoms with E-state index in [4.69, 9.17) is 5.73 Å². The van der Waals surface area contributed by atoms with E-state index in [2.05, 4.69) is 29.1 Å². The van der Waals surface area contributed by atoms with Crippen molar-refractivity contribution in [2.75, 3.05) is 17.6 Å². The molecule has 0 radical (unpaired) electrons. The third-order valence-electron chi connectivity index (χ3n) is 1.94. The maximum atomic E-state index is 9.61. The molecule has 84 valence electrons. The van der Waals surface area contributed by atoms with Crippen LogP contribution >= 0.6 is 0 Å². The zero-order valence-corrected chi connectivity index (χ0v) is 9.14. The molecule has 0 aliphatic carbocycles. The molecule has 0 saturated heterocycles. The molecule has 0 aliphatic rings. The first-order valence-corrected chi connectivity index (χ1v) is 5.08. The molecule has 1 unspecified atom stereocenters. The fourth-order valence-electron chi connectivity index (χ4n) is 1.32. The van der Waals surface area contributed by atoms with E-state index >= 15 is 0 Å². The topological polar surface area (TPSA) is 84.1 Å². The highest BCUT2D eigenvalue weighted by Crippen LogP contribution is 2.07. The smallest absolute Gasteiger partial charge is 0.221 e. The molecule has 1 aromatic heterocycles. The van der Waals surface area contributed by atoms with Crippen molar-refractivity contribution in [1.82, 2.24) is 9.97 Å². The van der Waals surface area contributed by atoms with E-state index in [0.717, 1.165) is 6.42 Å². The van der Waals surface area contributed by atoms with Crippen molar-refractivity contribution in [3.63, 3.8) is 0 Å². The summed E-state index contributed by atoms with van der Waals surface area (Å²) in [6.07, 6.45) is 1.99. The Morgan fingerprint density at radius 1 is 1.53 bits per heavy atom. The van der Waals surface area contributed by atoms with Crippen LogP contribution in [-0.2, 0) is 0 Å². The molecule has 1 rings (SSSR count). The van der Waals surface area contributed by atoms with Crippen LogP contribution in [-0.4, -0.2) is 27.7 Å². The van der Waals surface area contributed by atoms with Crippen LogP contribution in [0.1, 0.15) is 20.3 Å². The number of aliphatic hydroxyl groups is 1. The second-order valence-corrected chi connectivity index (χ2v) is 3.96. The summed E-state index contributed by atoms with van der Waals surface area (Å²) < 4.78 is 0. The zero-order chi connectivity index (χ0) is 11.3. The van der Waals surface area contributed by atoms with Gasteiger partial charge in [-0.2, -0.15) is 4.98 Å². The number of nitrogen functional groups attached to an aromatic ring is 1. The van der Waals surface area contributed by atoms with Gasteiger partial charge in [-0.15, -0.1) is 0 Å². The Bertz CT molecular complexity index is 303. The van der Waals surface area contributed by atoms with Gasteiger partial charge in [-0.25, -0.2) is 4.98 Å². The Hall–Kier alpha value is -1.36. The Kier molecular flexibility index (Phi) is 4.30. The number of rotatable bonds is 5. The first-order valence-electron chi connectivity index (χ1n) is 5.08. The summed E-state index contributed by atoms with van der Waals surface area (Å²) in [5.74, 6) is 1.36. The van der Waals surface area contributed by atoms with Gasteiger partial charge in [-0.1, -0.05) is 13.8 Å². The molecule has 1 aromatic rings. The predicted molar refractivity (Wildman–Crippen MR) is 60.4 cm³/mol. The van der Waals surface area contributed by atoms with Gasteiger partial charge in [0.15, 0.2) is 0 Å². The molecule has 1 heterocycles. The summed E-state index contributed by atoms with van der Waals surface area (Å²) in [7, 11) is 0. The van der Waals surface area contributed by atoms with Crippen LogP contribution in [0.25, 0.3) is 0 Å². The Morgan fingerprint density at radius 3 is 2.87 bits per heavy atom. The van der Waals surface area contributed by atoms with Crippen molar-refractivity contribution in [2.24, 2.45) is 5.92 Å². The second kappa shape index (κ2) is 5.50. The van der Waals surface area contributed by atoms with E-state index in [9.17, 15) is 5.11 Å². The quantitative estimate of drug-likeness (QED) is 0.671. The predicted octanol–water partition coefficient (Wildman–Crippen LogP) is 0.878. The van der Waals surface area contributed by atoms with Gasteiger partial charge in [0.05, 0.1) is 6.10 Å². The molecule has 0 saturated carbocycles. The van der Waals surface area contributed by atoms with Crippen molar-refractivity contribution < 1.29 is 5.11 Å². The average molecular weight is 210 g/mol. The van der Waals surface area contributed by atoms with Crippen LogP contribution in [0.3, 0.4) is 0 Å². The number of nitrogens with two attached hydrogens (primary N) is 1. The molecule has 0 bridgehead atoms. The summed E-state index contributed by atoms with van der Waals surface area (Å²) in [6, 6.07) is 1.72. The van der Waals surface area contributed by atoms with Crippen LogP contribution in [0.5, 0.6) is 0 Å². The molecule has 5 nitrogen and oxygen atoms in total. The third kappa shape index (κ3) is 4.60. The highest BCUT2D eigenvalue weighted by atomic mass is 16.3. The summed E-state index contributed by atoms with van der Waals surface area (Å²) in [5.41, 5.74) is 5.42. The number of hydrogen-bond acceptors (Lipinski definition) is 5. The SMILES string of the molecule is CC(C)CC(O)CNc1ccnc(N)n1. The van der Waals surface area contributed by atoms with Crippen molar-refractivity contribution in [1.29, 1.82) is 0 Å². The molecule has 0 fully saturated rings. The number of aliphatic hydroxyl groups excluding tert-OH is 1. The highest BCUT2D eigenvalue weighted by Gasteiger charge is 2.06. The maximum absolute atomic E-state index is 9.61. The monoisotopic (exact) mass is 210 g/mol. The van der Waals surface area contributed by atoms with Crippen LogP contribution in [0.2, 0.25) is 0 Å². The number of nitrogens with one attached hydrogen (secondary N) is 1. The van der Waals surface area contributed by atoms with Gasteiger partial charge in [0.1, 0.15) is 5.82 Å². The summed E-state index contributed by atoms with van der Waals surface area (Å²) in [4.78, 5) is 7.75. The summed E-state index contributed by atoms with van der Waals surface area (Å²) in [6.45, 7) is 4.63. The van der Waals surface area contributed by atoms with E-state index in [1.807, 2.05) is 0 Å². The van der Waals surface area contributed by atoms with E-state index < -0.39 is 0 Å². The lowest BCUT2D eigenvalue weighted by Crippen LogP contribution is -2.21. The lowest BCUT2D eigenvalue weighted by atomic mass is 10.1. The normalized spacial score (nSPS) is 12.8. The lowest BCUT2D eigenvalue weighted by Gasteiger charge is -2.14. The van der Waals surface area contributed by atoms with Gasteiger partial charge in [-0.05, 0) is 18.4 Å². The molecule has 15 heavy (non-hydrogen) atoms. The van der Waals surface area contributed by atoms with Crippen molar-refractivity contribution in [3.8, 4) is 0 Å². The zero-order valence-electron chi connectivity index (χ0n) is 9.14. The molecular formula is C10H18N4O. The molecule has 5 heteroatoms. The van der Waals surface area contributed by atoms with Gasteiger partial charge in [0.2, 0.25) is 5.95 Å². The molecule has 0 spiro atoms. The van der Waals surface area contributed by atoms with E-state index in [0.29, 0.717) is 18.3 Å². The number of nitrogens with zero attached hydrogens (tertiary/aromatic N) is 2. The van der Waals surface area contributed by atoms with Gasteiger partial charge in [0.25, 0.3) is 0 Å². The first kappa shape index (κ1) is 11.7. The largest absolute Gasteiger partial charge is 0.391 e. The third-order valence-corrected chi connectivity index (χ3v) is 1.94. The summed E-state index contributed by atoms with van der Waals surface area (Å²) in [5, 5.41) is 12.6. The molecule has 0 aliphatic heterocycles. The Labute approximate surface area is 89.7 Å². The fraction of sp³-hybridized carbons (Fsp3) is 0.600. The second-order valence-electron chi connectivity index (χ2n) is 3.96. The summed E-state index contributed by atoms with van der Waals surface area (Å²) >= 11 is 0. The van der Waals surface area contributed by atoms with Crippen molar-refractivity contribution in [3.05, 3.63) is 12.3 Å². The molecule has 4 N–H and O–H groups in total. The fourth-order valence-corrected chi connectivity index (χ4v) is 1.32. The minimum absolute atomic E-state index is 0.235. The molecule has 0 amide bonds. The Morgan fingerprint density at radius 2 is 2.27 bits per heavy atom. The minimum atomic E-state index is -0.360. The van der Waals surface area contributed by atoms with Gasteiger partial charge in [0, 0.05) is 12.7 Å². The van der Waals surface area contributed by atoms with Crippen molar-refractivity contribution in [2.45, 2.75) is 26.4 Å². The van der Waals surface area contributed by atoms with Crippen LogP contribution in [0.4, 0.5) is 11.8 Å². The maximum Gasteiger partial charge on any atom is 0.221 e. The van der Waals surface area contributed by atoms with Crippen LogP contribution < -0.4 is 11.1 Å². The molecule has 0 aromatic carbocycles. The van der Waals surface area contributed by atoms with Crippen LogP contribution in [0, 0.1) is 5.92 Å². The number of hydrogen-bond donors (Lipinski definition) is 3. The molecule has 1 atom stereocenters. The van der Waals surface area contributed by atoms with E-state index in [1.54, 1.807) is 12.3 Å². The van der Waals surface area contributed by atoms with E-state index in [-0.39, 0.29) is 12.1 Å². The standard InChI is InChI=1S/C10H18N4O/c1-7(2)5-8(15)6-13-9-3-4-12-10(11)14-9/h3-4,7-8,15H,5-6H2,1-2H3,(H3,11,12,13,14). The minimum Gasteiger partial charge on any atom is -0.391 e. The highest BCUT2D eigenvalue weighted by molar-refractivity contribution is 5.37. The first-order chi connectivity index (χ1) is 7.08. The lowest BCUT2D eigenvalue weighted by molar-refractivity contribution is 0.161. The Balaban J connectivity index is 2.36. The van der Waals surface area contributed by atoms with Gasteiger partial charge >= 0.3 is 0 Å². The number of aromatic nitrogens is 2. The average Bonchev–Trinajstić information content (AvgIpc) is 2.14. The van der Waals surface area contributed by atoms with Crippen LogP contribution in [0.15, 0.2) is 12.3 Å². The van der Waals surface area contributed by atoms with Gasteiger partial charge in [-0.3, -0.25) is 0 Å². The van der Waals surface area contributed by atoms with Crippen molar-refractivity contribution >= 4 is 11.8 Å². The van der Waals surface area contributed by atoms with E-state index in [1.165, 1.54) is 0 Å².